The van der Waals surface area contributed by atoms with Crippen LogP contribution in [0, 0.1) is 6.92 Å². The average molecular weight is 326 g/mol. The highest BCUT2D eigenvalue weighted by Crippen LogP contribution is 2.23. The number of nitrogens with one attached hydrogen (secondary N) is 2. The zero-order valence-electron chi connectivity index (χ0n) is 14.7. The molecule has 2 heterocycles. The van der Waals surface area contributed by atoms with Crippen molar-refractivity contribution < 1.29 is 4.79 Å². The fourth-order valence-electron chi connectivity index (χ4n) is 3.21. The molecule has 128 valence electrons. The molecule has 2 aromatic rings. The molecule has 5 nitrogen and oxygen atoms in total. The Morgan fingerprint density at radius 1 is 1.25 bits per heavy atom. The standard InChI is InChI=1S/C19H26N4O/c1-13(2)18-17(19(24)22-15-8-10-20-11-9-15)12-21-23(18)16-6-4-14(3)5-7-16/h4-7,12-13,15,20H,8-11H2,1-3H3,(H,22,24). The van der Waals surface area contributed by atoms with Crippen molar-refractivity contribution in [1.29, 1.82) is 0 Å². The average Bonchev–Trinajstić information content (AvgIpc) is 3.02. The third kappa shape index (κ3) is 3.51. The largest absolute Gasteiger partial charge is 0.349 e. The van der Waals surface area contributed by atoms with Gasteiger partial charge in [-0.2, -0.15) is 5.10 Å². The molecule has 0 radical (unpaired) electrons. The molecule has 1 aliphatic heterocycles. The fraction of sp³-hybridized carbons (Fsp3) is 0.474. The van der Waals surface area contributed by atoms with Gasteiger partial charge < -0.3 is 10.6 Å². The minimum absolute atomic E-state index is 0.0102. The Balaban J connectivity index is 1.88. The number of rotatable bonds is 4. The van der Waals surface area contributed by atoms with E-state index in [4.69, 9.17) is 0 Å². The van der Waals surface area contributed by atoms with E-state index in [1.165, 1.54) is 5.56 Å². The molecule has 1 aromatic carbocycles. The molecule has 0 aliphatic carbocycles. The van der Waals surface area contributed by atoms with Crippen molar-refractivity contribution in [3.8, 4) is 5.69 Å². The van der Waals surface area contributed by atoms with Gasteiger partial charge >= 0.3 is 0 Å². The molecule has 0 atom stereocenters. The maximum absolute atomic E-state index is 12.8. The molecule has 1 saturated heterocycles. The van der Waals surface area contributed by atoms with Crippen molar-refractivity contribution >= 4 is 5.91 Å². The molecule has 0 saturated carbocycles. The van der Waals surface area contributed by atoms with Crippen LogP contribution in [0.25, 0.3) is 5.69 Å². The summed E-state index contributed by atoms with van der Waals surface area (Å²) >= 11 is 0. The first kappa shape index (κ1) is 16.7. The molecule has 0 spiro atoms. The first-order valence-electron chi connectivity index (χ1n) is 8.73. The van der Waals surface area contributed by atoms with Gasteiger partial charge in [-0.1, -0.05) is 31.5 Å². The Labute approximate surface area is 143 Å². The molecule has 5 heteroatoms. The van der Waals surface area contributed by atoms with Crippen LogP contribution >= 0.6 is 0 Å². The number of amides is 1. The minimum Gasteiger partial charge on any atom is -0.349 e. The maximum atomic E-state index is 12.8. The lowest BCUT2D eigenvalue weighted by atomic mass is 10.0. The predicted octanol–water partition coefficient (Wildman–Crippen LogP) is 2.79. The van der Waals surface area contributed by atoms with E-state index in [0.717, 1.165) is 37.3 Å². The Hall–Kier alpha value is -2.14. The summed E-state index contributed by atoms with van der Waals surface area (Å²) in [7, 11) is 0. The Bertz CT molecular complexity index is 697. The highest BCUT2D eigenvalue weighted by Gasteiger charge is 2.23. The molecule has 1 aromatic heterocycles. The third-order valence-corrected chi connectivity index (χ3v) is 4.55. The molecule has 2 N–H and O–H groups in total. The zero-order valence-corrected chi connectivity index (χ0v) is 14.7. The highest BCUT2D eigenvalue weighted by molar-refractivity contribution is 5.95. The van der Waals surface area contributed by atoms with Gasteiger partial charge in [0.15, 0.2) is 0 Å². The molecule has 0 unspecified atom stereocenters. The van der Waals surface area contributed by atoms with Crippen LogP contribution in [-0.2, 0) is 0 Å². The van der Waals surface area contributed by atoms with Crippen LogP contribution in [0.4, 0.5) is 0 Å². The minimum atomic E-state index is -0.0102. The van der Waals surface area contributed by atoms with Gasteiger partial charge in [0.25, 0.3) is 5.91 Å². The van der Waals surface area contributed by atoms with Crippen LogP contribution in [0.15, 0.2) is 30.5 Å². The summed E-state index contributed by atoms with van der Waals surface area (Å²) in [4.78, 5) is 12.8. The van der Waals surface area contributed by atoms with Gasteiger partial charge in [-0.3, -0.25) is 4.79 Å². The summed E-state index contributed by atoms with van der Waals surface area (Å²) < 4.78 is 1.89. The molecule has 1 aliphatic rings. The van der Waals surface area contributed by atoms with Crippen LogP contribution in [0.5, 0.6) is 0 Å². The number of nitrogens with zero attached hydrogens (tertiary/aromatic N) is 2. The van der Waals surface area contributed by atoms with Gasteiger partial charge in [0.1, 0.15) is 0 Å². The van der Waals surface area contributed by atoms with Crippen LogP contribution in [0.1, 0.15) is 54.2 Å². The summed E-state index contributed by atoms with van der Waals surface area (Å²) in [5.74, 6) is 0.200. The SMILES string of the molecule is Cc1ccc(-n2ncc(C(=O)NC3CCNCC3)c2C(C)C)cc1. The van der Waals surface area contributed by atoms with Crippen molar-refractivity contribution in [2.75, 3.05) is 13.1 Å². The van der Waals surface area contributed by atoms with E-state index >= 15 is 0 Å². The van der Waals surface area contributed by atoms with Gasteiger partial charge in [-0.05, 0) is 50.9 Å². The Morgan fingerprint density at radius 2 is 1.92 bits per heavy atom. The number of aromatic nitrogens is 2. The van der Waals surface area contributed by atoms with Gasteiger partial charge in [0, 0.05) is 6.04 Å². The lowest BCUT2D eigenvalue weighted by Crippen LogP contribution is -2.42. The van der Waals surface area contributed by atoms with Crippen molar-refractivity contribution in [3.05, 3.63) is 47.3 Å². The quantitative estimate of drug-likeness (QED) is 0.908. The van der Waals surface area contributed by atoms with E-state index in [-0.39, 0.29) is 17.9 Å². The topological polar surface area (TPSA) is 59.0 Å². The second-order valence-electron chi connectivity index (χ2n) is 6.84. The number of carbonyl (C=O) groups excluding carboxylic acids is 1. The van der Waals surface area contributed by atoms with Crippen molar-refractivity contribution in [1.82, 2.24) is 20.4 Å². The van der Waals surface area contributed by atoms with Crippen LogP contribution in [0.3, 0.4) is 0 Å². The predicted molar refractivity (Wildman–Crippen MR) is 95.7 cm³/mol. The number of aryl methyl sites for hydroxylation is 1. The number of benzene rings is 1. The summed E-state index contributed by atoms with van der Waals surface area (Å²) in [6.45, 7) is 8.19. The zero-order chi connectivity index (χ0) is 17.1. The van der Waals surface area contributed by atoms with Crippen LogP contribution in [-0.4, -0.2) is 34.8 Å². The summed E-state index contributed by atoms with van der Waals surface area (Å²) in [5.41, 5.74) is 3.85. The third-order valence-electron chi connectivity index (χ3n) is 4.55. The number of carbonyl (C=O) groups is 1. The number of hydrogen-bond acceptors (Lipinski definition) is 3. The van der Waals surface area contributed by atoms with E-state index < -0.39 is 0 Å². The van der Waals surface area contributed by atoms with Gasteiger partial charge in [-0.15, -0.1) is 0 Å². The van der Waals surface area contributed by atoms with E-state index in [1.807, 2.05) is 16.8 Å². The molecule has 3 rings (SSSR count). The maximum Gasteiger partial charge on any atom is 0.255 e. The van der Waals surface area contributed by atoms with Crippen molar-refractivity contribution in [2.24, 2.45) is 0 Å². The molecule has 24 heavy (non-hydrogen) atoms. The van der Waals surface area contributed by atoms with E-state index in [9.17, 15) is 4.79 Å². The molecule has 0 bridgehead atoms. The molecule has 1 amide bonds. The number of hydrogen-bond donors (Lipinski definition) is 2. The van der Waals surface area contributed by atoms with Gasteiger partial charge in [0.05, 0.1) is 23.1 Å². The Morgan fingerprint density at radius 3 is 2.54 bits per heavy atom. The first-order valence-corrected chi connectivity index (χ1v) is 8.73. The second-order valence-corrected chi connectivity index (χ2v) is 6.84. The molecular weight excluding hydrogens is 300 g/mol. The summed E-state index contributed by atoms with van der Waals surface area (Å²) in [5, 5.41) is 11.0. The van der Waals surface area contributed by atoms with Crippen LogP contribution in [0.2, 0.25) is 0 Å². The molecule has 1 fully saturated rings. The van der Waals surface area contributed by atoms with Crippen molar-refractivity contribution in [3.63, 3.8) is 0 Å². The first-order chi connectivity index (χ1) is 11.6. The van der Waals surface area contributed by atoms with E-state index in [0.29, 0.717) is 5.56 Å². The lowest BCUT2D eigenvalue weighted by molar-refractivity contribution is 0.0928. The normalized spacial score (nSPS) is 15.7. The second kappa shape index (κ2) is 7.18. The van der Waals surface area contributed by atoms with Gasteiger partial charge in [0.2, 0.25) is 0 Å². The fourth-order valence-corrected chi connectivity index (χ4v) is 3.21. The molecular formula is C19H26N4O. The monoisotopic (exact) mass is 326 g/mol. The van der Waals surface area contributed by atoms with Crippen molar-refractivity contribution in [2.45, 2.75) is 45.6 Å². The van der Waals surface area contributed by atoms with E-state index in [1.54, 1.807) is 6.20 Å². The van der Waals surface area contributed by atoms with E-state index in [2.05, 4.69) is 48.6 Å². The van der Waals surface area contributed by atoms with Gasteiger partial charge in [-0.25, -0.2) is 4.68 Å². The summed E-state index contributed by atoms with van der Waals surface area (Å²) in [6, 6.07) is 8.47. The Kier molecular flexibility index (Phi) is 5.00. The summed E-state index contributed by atoms with van der Waals surface area (Å²) in [6.07, 6.45) is 3.66. The number of piperidine rings is 1. The van der Waals surface area contributed by atoms with Crippen LogP contribution < -0.4 is 10.6 Å². The highest BCUT2D eigenvalue weighted by atomic mass is 16.1. The lowest BCUT2D eigenvalue weighted by Gasteiger charge is -2.24. The smallest absolute Gasteiger partial charge is 0.255 e.